The summed E-state index contributed by atoms with van der Waals surface area (Å²) in [5, 5.41) is 2.89. The number of rotatable bonds is 6. The van der Waals surface area contributed by atoms with Gasteiger partial charge < -0.3 is 31.2 Å². The van der Waals surface area contributed by atoms with E-state index < -0.39 is 5.91 Å². The SMILES string of the molecule is Nc1ncc(-c2ccc(O[C@H]3C[C@@H](N)C3)cc2)nc1C(=O)Nc1cnccc1N1CCOCC1. The van der Waals surface area contributed by atoms with Gasteiger partial charge in [0.05, 0.1) is 42.7 Å². The van der Waals surface area contributed by atoms with Crippen molar-refractivity contribution in [2.75, 3.05) is 42.3 Å². The van der Waals surface area contributed by atoms with Crippen LogP contribution in [0.5, 0.6) is 5.75 Å². The molecule has 0 bridgehead atoms. The molecule has 2 aliphatic rings. The number of anilines is 3. The van der Waals surface area contributed by atoms with Crippen molar-refractivity contribution in [1.29, 1.82) is 0 Å². The van der Waals surface area contributed by atoms with E-state index in [1.165, 1.54) is 0 Å². The van der Waals surface area contributed by atoms with Gasteiger partial charge in [0.15, 0.2) is 11.5 Å². The molecule has 2 aromatic heterocycles. The third-order valence-corrected chi connectivity index (χ3v) is 6.00. The summed E-state index contributed by atoms with van der Waals surface area (Å²) in [4.78, 5) is 28.1. The Morgan fingerprint density at radius 3 is 2.62 bits per heavy atom. The molecule has 5 rings (SSSR count). The summed E-state index contributed by atoms with van der Waals surface area (Å²) >= 11 is 0. The van der Waals surface area contributed by atoms with Gasteiger partial charge in [0.2, 0.25) is 0 Å². The van der Waals surface area contributed by atoms with Crippen LogP contribution in [0.15, 0.2) is 48.9 Å². The molecule has 34 heavy (non-hydrogen) atoms. The van der Waals surface area contributed by atoms with Crippen LogP contribution in [0.1, 0.15) is 23.3 Å². The van der Waals surface area contributed by atoms with Crippen molar-refractivity contribution >= 4 is 23.1 Å². The van der Waals surface area contributed by atoms with Crippen molar-refractivity contribution < 1.29 is 14.3 Å². The summed E-state index contributed by atoms with van der Waals surface area (Å²) in [5.41, 5.74) is 14.7. The minimum atomic E-state index is -0.448. The molecule has 10 heteroatoms. The van der Waals surface area contributed by atoms with Gasteiger partial charge in [0.1, 0.15) is 11.9 Å². The van der Waals surface area contributed by atoms with Crippen molar-refractivity contribution in [1.82, 2.24) is 15.0 Å². The average molecular weight is 462 g/mol. The lowest BCUT2D eigenvalue weighted by molar-refractivity contribution is 0.101. The van der Waals surface area contributed by atoms with E-state index in [4.69, 9.17) is 20.9 Å². The van der Waals surface area contributed by atoms with Crippen molar-refractivity contribution in [3.05, 3.63) is 54.6 Å². The monoisotopic (exact) mass is 461 g/mol. The predicted molar refractivity (Wildman–Crippen MR) is 129 cm³/mol. The quantitative estimate of drug-likeness (QED) is 0.503. The maximum atomic E-state index is 13.1. The van der Waals surface area contributed by atoms with Crippen LogP contribution in [0.4, 0.5) is 17.2 Å². The highest BCUT2D eigenvalue weighted by atomic mass is 16.5. The zero-order valence-electron chi connectivity index (χ0n) is 18.7. The molecule has 10 nitrogen and oxygen atoms in total. The van der Waals surface area contributed by atoms with Gasteiger partial charge in [-0.1, -0.05) is 0 Å². The summed E-state index contributed by atoms with van der Waals surface area (Å²) in [5.74, 6) is 0.379. The zero-order chi connectivity index (χ0) is 23.5. The molecule has 1 amide bonds. The van der Waals surface area contributed by atoms with Crippen LogP contribution in [0, 0.1) is 0 Å². The Hall–Kier alpha value is -3.76. The third-order valence-electron chi connectivity index (χ3n) is 6.00. The van der Waals surface area contributed by atoms with Crippen LogP contribution in [0.25, 0.3) is 11.3 Å². The highest BCUT2D eigenvalue weighted by Gasteiger charge is 2.27. The van der Waals surface area contributed by atoms with Crippen LogP contribution in [0.3, 0.4) is 0 Å². The van der Waals surface area contributed by atoms with Crippen LogP contribution in [0.2, 0.25) is 0 Å². The number of nitrogens with two attached hydrogens (primary N) is 2. The largest absolute Gasteiger partial charge is 0.490 e. The molecule has 2 fully saturated rings. The Kier molecular flexibility index (Phi) is 6.24. The third kappa shape index (κ3) is 4.78. The fourth-order valence-electron chi connectivity index (χ4n) is 4.05. The van der Waals surface area contributed by atoms with Crippen LogP contribution >= 0.6 is 0 Å². The summed E-state index contributed by atoms with van der Waals surface area (Å²) in [6.45, 7) is 2.73. The number of aromatic nitrogens is 3. The normalized spacial score (nSPS) is 19.9. The molecule has 1 saturated carbocycles. The molecule has 0 atom stereocenters. The van der Waals surface area contributed by atoms with E-state index in [0.717, 1.165) is 42.9 Å². The maximum absolute atomic E-state index is 13.1. The maximum Gasteiger partial charge on any atom is 0.278 e. The Morgan fingerprint density at radius 1 is 1.12 bits per heavy atom. The van der Waals surface area contributed by atoms with Gasteiger partial charge in [0, 0.05) is 30.9 Å². The van der Waals surface area contributed by atoms with E-state index in [0.29, 0.717) is 24.6 Å². The number of nitrogens with zero attached hydrogens (tertiary/aromatic N) is 4. The van der Waals surface area contributed by atoms with E-state index >= 15 is 0 Å². The first-order chi connectivity index (χ1) is 16.6. The van der Waals surface area contributed by atoms with Gasteiger partial charge >= 0.3 is 0 Å². The van der Waals surface area contributed by atoms with E-state index in [1.807, 2.05) is 30.3 Å². The average Bonchev–Trinajstić information content (AvgIpc) is 2.85. The first kappa shape index (κ1) is 22.1. The van der Waals surface area contributed by atoms with Gasteiger partial charge in [-0.25, -0.2) is 9.97 Å². The molecule has 5 N–H and O–H groups in total. The number of benzene rings is 1. The summed E-state index contributed by atoms with van der Waals surface area (Å²) < 4.78 is 11.3. The molecule has 1 aliphatic heterocycles. The van der Waals surface area contributed by atoms with Crippen molar-refractivity contribution in [2.24, 2.45) is 5.73 Å². The standard InChI is InChI=1S/C24H27N7O3/c25-16-11-18(12-16)34-17-3-1-15(2-4-17)19-14-28-23(26)22(29-19)24(32)30-20-13-27-6-5-21(20)31-7-9-33-10-8-31/h1-6,13-14,16,18H,7-12,25H2,(H2,26,28)(H,30,32)/t16-,18+. The number of nitrogens with one attached hydrogen (secondary N) is 1. The van der Waals surface area contributed by atoms with E-state index in [1.54, 1.807) is 18.6 Å². The number of nitrogen functional groups attached to an aromatic ring is 1. The van der Waals surface area contributed by atoms with Crippen molar-refractivity contribution in [3.8, 4) is 17.0 Å². The van der Waals surface area contributed by atoms with Gasteiger partial charge in [-0.3, -0.25) is 9.78 Å². The van der Waals surface area contributed by atoms with Crippen molar-refractivity contribution in [2.45, 2.75) is 25.0 Å². The minimum absolute atomic E-state index is 0.0538. The first-order valence-corrected chi connectivity index (χ1v) is 11.3. The number of morpholine rings is 1. The van der Waals surface area contributed by atoms with Crippen LogP contribution in [-0.4, -0.2) is 59.3 Å². The second-order valence-corrected chi connectivity index (χ2v) is 8.43. The zero-order valence-corrected chi connectivity index (χ0v) is 18.7. The Balaban J connectivity index is 1.33. The van der Waals surface area contributed by atoms with E-state index in [-0.39, 0.29) is 23.7 Å². The van der Waals surface area contributed by atoms with Gasteiger partial charge in [-0.2, -0.15) is 0 Å². The van der Waals surface area contributed by atoms with Gasteiger partial charge in [-0.15, -0.1) is 0 Å². The number of amides is 1. The molecule has 0 unspecified atom stereocenters. The molecule has 3 aromatic rings. The molecule has 3 heterocycles. The lowest BCUT2D eigenvalue weighted by Crippen LogP contribution is -2.43. The van der Waals surface area contributed by atoms with Gasteiger partial charge in [-0.05, 0) is 43.2 Å². The number of carbonyl (C=O) groups is 1. The Morgan fingerprint density at radius 2 is 1.88 bits per heavy atom. The molecular weight excluding hydrogens is 434 g/mol. The molecule has 1 aromatic carbocycles. The van der Waals surface area contributed by atoms with Crippen LogP contribution in [-0.2, 0) is 4.74 Å². The molecule has 0 spiro atoms. The number of pyridine rings is 1. The van der Waals surface area contributed by atoms with E-state index in [2.05, 4.69) is 25.2 Å². The number of hydrogen-bond donors (Lipinski definition) is 3. The summed E-state index contributed by atoms with van der Waals surface area (Å²) in [7, 11) is 0. The molecule has 176 valence electrons. The van der Waals surface area contributed by atoms with E-state index in [9.17, 15) is 4.79 Å². The fraction of sp³-hybridized carbons (Fsp3) is 0.333. The fourth-order valence-corrected chi connectivity index (χ4v) is 4.05. The second-order valence-electron chi connectivity index (χ2n) is 8.43. The molecular formula is C24H27N7O3. The summed E-state index contributed by atoms with van der Waals surface area (Å²) in [6.07, 6.45) is 6.77. The Labute approximate surface area is 197 Å². The highest BCUT2D eigenvalue weighted by molar-refractivity contribution is 6.07. The summed E-state index contributed by atoms with van der Waals surface area (Å²) in [6, 6.07) is 9.62. The number of ether oxygens (including phenoxy) is 2. The lowest BCUT2D eigenvalue weighted by atomic mass is 9.90. The molecule has 0 radical (unpaired) electrons. The second kappa shape index (κ2) is 9.62. The minimum Gasteiger partial charge on any atom is -0.490 e. The van der Waals surface area contributed by atoms with Crippen LogP contribution < -0.4 is 26.4 Å². The number of hydrogen-bond acceptors (Lipinski definition) is 9. The van der Waals surface area contributed by atoms with Crippen molar-refractivity contribution in [3.63, 3.8) is 0 Å². The highest BCUT2D eigenvalue weighted by Crippen LogP contribution is 2.28. The van der Waals surface area contributed by atoms with Gasteiger partial charge in [0.25, 0.3) is 5.91 Å². The predicted octanol–water partition coefficient (Wildman–Crippen LogP) is 2.08. The number of carbonyl (C=O) groups excluding carboxylic acids is 1. The molecule has 1 saturated heterocycles. The smallest absolute Gasteiger partial charge is 0.278 e. The molecule has 1 aliphatic carbocycles. The first-order valence-electron chi connectivity index (χ1n) is 11.3. The topological polar surface area (TPSA) is 142 Å². The Bertz CT molecular complexity index is 1160. The lowest BCUT2D eigenvalue weighted by Gasteiger charge is -2.32.